The molecule has 0 saturated heterocycles. The minimum Gasteiger partial charge on any atom is -0.482 e. The minimum atomic E-state index is -0.658. The molecule has 0 unspecified atom stereocenters. The van der Waals surface area contributed by atoms with Crippen LogP contribution >= 0.6 is 0 Å². The first kappa shape index (κ1) is 16.1. The van der Waals surface area contributed by atoms with Crippen LogP contribution in [-0.4, -0.2) is 33.0 Å². The van der Waals surface area contributed by atoms with Gasteiger partial charge in [0.1, 0.15) is 11.4 Å². The number of nitrogens with one attached hydrogen (secondary N) is 1. The fourth-order valence-electron chi connectivity index (χ4n) is 2.96. The molecule has 2 N–H and O–H groups in total. The van der Waals surface area contributed by atoms with Gasteiger partial charge in [0, 0.05) is 18.0 Å². The Bertz CT molecular complexity index is 1030. The number of aryl methyl sites for hydroxylation is 1. The molecule has 1 aliphatic heterocycles. The monoisotopic (exact) mass is 352 g/mol. The number of ether oxygens (including phenoxy) is 1. The van der Waals surface area contributed by atoms with Crippen molar-refractivity contribution in [3.63, 3.8) is 0 Å². The van der Waals surface area contributed by atoms with Crippen LogP contribution in [0.5, 0.6) is 5.75 Å². The summed E-state index contributed by atoms with van der Waals surface area (Å²) in [6.07, 6.45) is 3.78. The summed E-state index contributed by atoms with van der Waals surface area (Å²) in [4.78, 5) is 30.2. The van der Waals surface area contributed by atoms with E-state index in [1.807, 2.05) is 35.9 Å². The molecule has 26 heavy (non-hydrogen) atoms. The van der Waals surface area contributed by atoms with Gasteiger partial charge >= 0.3 is 0 Å². The third kappa shape index (κ3) is 2.76. The van der Waals surface area contributed by atoms with Crippen LogP contribution in [0.1, 0.15) is 21.6 Å². The van der Waals surface area contributed by atoms with Crippen molar-refractivity contribution in [1.29, 1.82) is 0 Å². The Kier molecular flexibility index (Phi) is 3.81. The van der Waals surface area contributed by atoms with Gasteiger partial charge in [0.15, 0.2) is 6.61 Å². The fraction of sp³-hybridized carbons (Fsp3) is 0.167. The second-order valence-electron chi connectivity index (χ2n) is 6.09. The van der Waals surface area contributed by atoms with Crippen LogP contribution < -0.4 is 15.1 Å². The fourth-order valence-corrected chi connectivity index (χ4v) is 2.96. The van der Waals surface area contributed by atoms with Gasteiger partial charge in [-0.25, -0.2) is 10.5 Å². The zero-order valence-corrected chi connectivity index (χ0v) is 14.0. The highest BCUT2D eigenvalue weighted by Gasteiger charge is 2.27. The van der Waals surface area contributed by atoms with Crippen LogP contribution in [0.3, 0.4) is 0 Å². The molecular formula is C18H16N4O4. The number of carbonyl (C=O) groups is 2. The van der Waals surface area contributed by atoms with Crippen LogP contribution in [-0.2, 0) is 11.3 Å². The lowest BCUT2D eigenvalue weighted by Crippen LogP contribution is -2.38. The molecule has 132 valence electrons. The lowest BCUT2D eigenvalue weighted by Gasteiger charge is -2.29. The summed E-state index contributed by atoms with van der Waals surface area (Å²) in [5.74, 6) is -0.389. The standard InChI is InChI=1S/C18H16N4O4/c1-11-4-5-21-8-13(19-16(21)6-11)9-22-14-7-12(18(24)20-25)2-3-15(14)26-10-17(22)23/h2-8,25H,9-10H2,1H3,(H,20,24). The van der Waals surface area contributed by atoms with Crippen molar-refractivity contribution in [2.24, 2.45) is 0 Å². The molecule has 0 radical (unpaired) electrons. The number of imidazole rings is 1. The SMILES string of the molecule is Cc1ccn2cc(CN3C(=O)COc4ccc(C(=O)NO)cc43)nc2c1. The molecular weight excluding hydrogens is 336 g/mol. The van der Waals surface area contributed by atoms with Gasteiger partial charge in [-0.15, -0.1) is 0 Å². The highest BCUT2D eigenvalue weighted by molar-refractivity contribution is 6.00. The average Bonchev–Trinajstić information content (AvgIpc) is 3.04. The average molecular weight is 352 g/mol. The van der Waals surface area contributed by atoms with E-state index in [1.165, 1.54) is 17.0 Å². The maximum Gasteiger partial charge on any atom is 0.274 e. The molecule has 1 aromatic carbocycles. The topological polar surface area (TPSA) is 96.2 Å². The highest BCUT2D eigenvalue weighted by atomic mass is 16.5. The van der Waals surface area contributed by atoms with Crippen molar-refractivity contribution in [3.8, 4) is 5.75 Å². The van der Waals surface area contributed by atoms with Crippen LogP contribution in [0.15, 0.2) is 42.7 Å². The summed E-state index contributed by atoms with van der Waals surface area (Å²) in [5.41, 5.74) is 4.89. The molecule has 0 saturated carbocycles. The van der Waals surface area contributed by atoms with Crippen LogP contribution in [0.25, 0.3) is 5.65 Å². The van der Waals surface area contributed by atoms with Gasteiger partial charge in [-0.2, -0.15) is 0 Å². The minimum absolute atomic E-state index is 0.0784. The molecule has 3 aromatic rings. The maximum absolute atomic E-state index is 12.4. The molecule has 8 nitrogen and oxygen atoms in total. The summed E-state index contributed by atoms with van der Waals surface area (Å²) >= 11 is 0. The Morgan fingerprint density at radius 3 is 3.00 bits per heavy atom. The van der Waals surface area contributed by atoms with Gasteiger partial charge in [-0.3, -0.25) is 19.7 Å². The second kappa shape index (κ2) is 6.16. The number of hydroxylamine groups is 1. The largest absolute Gasteiger partial charge is 0.482 e. The maximum atomic E-state index is 12.4. The predicted octanol–water partition coefficient (Wildman–Crippen LogP) is 1.69. The van der Waals surface area contributed by atoms with Gasteiger partial charge in [0.05, 0.1) is 17.9 Å². The number of hydrogen-bond donors (Lipinski definition) is 2. The van der Waals surface area contributed by atoms with E-state index in [0.29, 0.717) is 17.1 Å². The van der Waals surface area contributed by atoms with Crippen molar-refractivity contribution in [2.45, 2.75) is 13.5 Å². The normalized spacial score (nSPS) is 13.5. The van der Waals surface area contributed by atoms with E-state index in [9.17, 15) is 9.59 Å². The van der Waals surface area contributed by atoms with Gasteiger partial charge in [-0.05, 0) is 42.8 Å². The molecule has 1 aliphatic rings. The second-order valence-corrected chi connectivity index (χ2v) is 6.09. The Hall–Kier alpha value is -3.39. The predicted molar refractivity (Wildman–Crippen MR) is 92.3 cm³/mol. The molecule has 8 heteroatoms. The molecule has 0 bridgehead atoms. The Morgan fingerprint density at radius 2 is 2.19 bits per heavy atom. The van der Waals surface area contributed by atoms with E-state index in [2.05, 4.69) is 4.98 Å². The smallest absolute Gasteiger partial charge is 0.274 e. The van der Waals surface area contributed by atoms with E-state index >= 15 is 0 Å². The number of benzene rings is 1. The Labute approximate surface area is 148 Å². The van der Waals surface area contributed by atoms with Crippen molar-refractivity contribution in [2.75, 3.05) is 11.5 Å². The van der Waals surface area contributed by atoms with E-state index in [0.717, 1.165) is 11.2 Å². The molecule has 2 amide bonds. The third-order valence-corrected chi connectivity index (χ3v) is 4.25. The molecule has 0 atom stereocenters. The number of fused-ring (bicyclic) bond motifs is 2. The first-order valence-corrected chi connectivity index (χ1v) is 8.01. The first-order chi connectivity index (χ1) is 12.5. The van der Waals surface area contributed by atoms with Gasteiger partial charge in [0.2, 0.25) is 0 Å². The van der Waals surface area contributed by atoms with Crippen molar-refractivity contribution >= 4 is 23.1 Å². The number of carbonyl (C=O) groups excluding carboxylic acids is 2. The van der Waals surface area contributed by atoms with Crippen LogP contribution in [0.4, 0.5) is 5.69 Å². The molecule has 4 rings (SSSR count). The van der Waals surface area contributed by atoms with Gasteiger partial charge in [0.25, 0.3) is 11.8 Å². The van der Waals surface area contributed by atoms with E-state index in [-0.39, 0.29) is 24.6 Å². The number of pyridine rings is 1. The summed E-state index contributed by atoms with van der Waals surface area (Å²) in [7, 11) is 0. The number of anilines is 1. The van der Waals surface area contributed by atoms with E-state index in [4.69, 9.17) is 9.94 Å². The lowest BCUT2D eigenvalue weighted by molar-refractivity contribution is -0.121. The summed E-state index contributed by atoms with van der Waals surface area (Å²) in [5, 5.41) is 8.82. The number of nitrogens with zero attached hydrogens (tertiary/aromatic N) is 3. The molecule has 0 fully saturated rings. The molecule has 2 aromatic heterocycles. The summed E-state index contributed by atoms with van der Waals surface area (Å²) < 4.78 is 7.33. The number of hydrogen-bond acceptors (Lipinski definition) is 5. The molecule has 3 heterocycles. The zero-order chi connectivity index (χ0) is 18.3. The molecule has 0 aliphatic carbocycles. The number of rotatable bonds is 3. The first-order valence-electron chi connectivity index (χ1n) is 8.01. The van der Waals surface area contributed by atoms with Crippen molar-refractivity contribution in [1.82, 2.24) is 14.9 Å². The number of aromatic nitrogens is 2. The summed E-state index contributed by atoms with van der Waals surface area (Å²) in [6.45, 7) is 2.16. The van der Waals surface area contributed by atoms with Crippen molar-refractivity contribution < 1.29 is 19.5 Å². The van der Waals surface area contributed by atoms with Gasteiger partial charge < -0.3 is 9.14 Å². The van der Waals surface area contributed by atoms with Crippen LogP contribution in [0.2, 0.25) is 0 Å². The lowest BCUT2D eigenvalue weighted by atomic mass is 10.1. The third-order valence-electron chi connectivity index (χ3n) is 4.25. The Balaban J connectivity index is 1.71. The van der Waals surface area contributed by atoms with Crippen LogP contribution in [0, 0.1) is 6.92 Å². The summed E-state index contributed by atoms with van der Waals surface area (Å²) in [6, 6.07) is 8.58. The van der Waals surface area contributed by atoms with Crippen molar-refractivity contribution in [3.05, 3.63) is 59.5 Å². The number of amides is 2. The molecule has 0 spiro atoms. The van der Waals surface area contributed by atoms with E-state index < -0.39 is 5.91 Å². The van der Waals surface area contributed by atoms with Gasteiger partial charge in [-0.1, -0.05) is 0 Å². The quantitative estimate of drug-likeness (QED) is 0.552. The van der Waals surface area contributed by atoms with E-state index in [1.54, 1.807) is 11.5 Å². The zero-order valence-electron chi connectivity index (χ0n) is 14.0. The Morgan fingerprint density at radius 1 is 1.35 bits per heavy atom. The highest BCUT2D eigenvalue weighted by Crippen LogP contribution is 2.34.